The maximum atomic E-state index is 13.1. The van der Waals surface area contributed by atoms with Crippen LogP contribution in [0.15, 0.2) is 35.1 Å². The molecule has 4 rings (SSSR count). The molecule has 0 saturated carbocycles. The number of carbonyl (C=O) groups excluding carboxylic acids is 1. The highest BCUT2D eigenvalue weighted by atomic mass is 19.1. The van der Waals surface area contributed by atoms with Gasteiger partial charge >= 0.3 is 0 Å². The van der Waals surface area contributed by atoms with E-state index in [2.05, 4.69) is 4.90 Å². The number of fused-ring (bicyclic) bond motifs is 1. The second kappa shape index (κ2) is 7.06. The zero-order chi connectivity index (χ0) is 19.0. The minimum Gasteiger partial charge on any atom is -0.503 e. The van der Waals surface area contributed by atoms with E-state index in [1.807, 2.05) is 0 Å². The van der Waals surface area contributed by atoms with Gasteiger partial charge in [-0.25, -0.2) is 4.39 Å². The van der Waals surface area contributed by atoms with E-state index in [1.165, 1.54) is 18.2 Å². The van der Waals surface area contributed by atoms with Crippen LogP contribution in [0.25, 0.3) is 0 Å². The molecule has 1 amide bonds. The molecule has 1 N–H and O–H groups in total. The highest BCUT2D eigenvalue weighted by Gasteiger charge is 2.31. The molecule has 1 aromatic heterocycles. The van der Waals surface area contributed by atoms with Crippen molar-refractivity contribution in [2.24, 2.45) is 0 Å². The Morgan fingerprint density at radius 1 is 0.963 bits per heavy atom. The molecule has 1 saturated heterocycles. The Hall–Kier alpha value is -2.83. The van der Waals surface area contributed by atoms with Crippen LogP contribution in [-0.4, -0.2) is 40.1 Å². The molecule has 2 aliphatic rings. The van der Waals surface area contributed by atoms with Crippen LogP contribution in [0.4, 0.5) is 10.2 Å². The molecule has 0 aliphatic carbocycles. The number of hydrogen-bond donors (Lipinski definition) is 1. The first-order valence-electron chi connectivity index (χ1n) is 9.30. The van der Waals surface area contributed by atoms with E-state index in [0.29, 0.717) is 25.5 Å². The van der Waals surface area contributed by atoms with Gasteiger partial charge in [0.25, 0.3) is 5.91 Å². The van der Waals surface area contributed by atoms with Crippen LogP contribution < -0.4 is 10.3 Å². The van der Waals surface area contributed by atoms with Crippen molar-refractivity contribution in [3.05, 3.63) is 57.6 Å². The summed E-state index contributed by atoms with van der Waals surface area (Å²) in [7, 11) is 0. The zero-order valence-electron chi connectivity index (χ0n) is 15.0. The number of aromatic hydroxyl groups is 1. The fourth-order valence-electron chi connectivity index (χ4n) is 3.88. The van der Waals surface area contributed by atoms with Crippen molar-refractivity contribution in [2.75, 3.05) is 24.5 Å². The summed E-state index contributed by atoms with van der Waals surface area (Å²) in [6.45, 7) is 2.96. The van der Waals surface area contributed by atoms with Crippen molar-refractivity contribution in [3.63, 3.8) is 0 Å². The maximum Gasteiger partial charge on any atom is 0.274 e. The Morgan fingerprint density at radius 3 is 2.37 bits per heavy atom. The number of rotatable bonds is 3. The average molecular weight is 371 g/mol. The Morgan fingerprint density at radius 2 is 1.67 bits per heavy atom. The Labute approximate surface area is 156 Å². The highest BCUT2D eigenvalue weighted by molar-refractivity contribution is 5.96. The van der Waals surface area contributed by atoms with Gasteiger partial charge in [-0.15, -0.1) is 0 Å². The second-order valence-electron chi connectivity index (χ2n) is 7.12. The third-order valence-corrected chi connectivity index (χ3v) is 5.31. The first-order chi connectivity index (χ1) is 13.0. The minimum absolute atomic E-state index is 0.0523. The van der Waals surface area contributed by atoms with E-state index in [1.54, 1.807) is 21.6 Å². The lowest BCUT2D eigenvalue weighted by Crippen LogP contribution is -2.43. The number of benzene rings is 1. The van der Waals surface area contributed by atoms with Gasteiger partial charge in [0, 0.05) is 38.8 Å². The number of aromatic nitrogens is 1. The van der Waals surface area contributed by atoms with Crippen molar-refractivity contribution in [1.29, 1.82) is 0 Å². The number of amides is 1. The van der Waals surface area contributed by atoms with Crippen molar-refractivity contribution in [3.8, 4) is 5.75 Å². The molecule has 6 nitrogen and oxygen atoms in total. The monoisotopic (exact) mass is 371 g/mol. The molecule has 2 aliphatic heterocycles. The van der Waals surface area contributed by atoms with Gasteiger partial charge in [0.2, 0.25) is 5.43 Å². The second-order valence-corrected chi connectivity index (χ2v) is 7.12. The summed E-state index contributed by atoms with van der Waals surface area (Å²) >= 11 is 0. The molecule has 0 unspecified atom stereocenters. The lowest BCUT2D eigenvalue weighted by molar-refractivity contribution is 0.0684. The fraction of sp³-hybridized carbons (Fsp3) is 0.400. The number of carbonyl (C=O) groups is 1. The molecule has 1 aromatic carbocycles. The van der Waals surface area contributed by atoms with Crippen molar-refractivity contribution in [1.82, 2.24) is 9.47 Å². The van der Waals surface area contributed by atoms with Gasteiger partial charge in [-0.1, -0.05) is 12.1 Å². The van der Waals surface area contributed by atoms with Gasteiger partial charge in [0.1, 0.15) is 11.6 Å². The Balaban J connectivity index is 1.68. The summed E-state index contributed by atoms with van der Waals surface area (Å²) in [6, 6.07) is 7.41. The van der Waals surface area contributed by atoms with Crippen LogP contribution in [0.3, 0.4) is 0 Å². The molecule has 7 heteroatoms. The lowest BCUT2D eigenvalue weighted by atomic mass is 10.1. The Bertz CT molecular complexity index is 917. The maximum absolute atomic E-state index is 13.1. The van der Waals surface area contributed by atoms with E-state index in [9.17, 15) is 19.1 Å². The summed E-state index contributed by atoms with van der Waals surface area (Å²) < 4.78 is 14.9. The number of nitrogens with zero attached hydrogens (tertiary/aromatic N) is 3. The molecule has 0 spiro atoms. The van der Waals surface area contributed by atoms with Gasteiger partial charge in [-0.05, 0) is 37.0 Å². The number of piperidine rings is 1. The van der Waals surface area contributed by atoms with Crippen LogP contribution in [0.5, 0.6) is 5.75 Å². The summed E-state index contributed by atoms with van der Waals surface area (Å²) in [4.78, 5) is 29.0. The lowest BCUT2D eigenvalue weighted by Gasteiger charge is -2.36. The summed E-state index contributed by atoms with van der Waals surface area (Å²) in [6.07, 6.45) is 3.26. The van der Waals surface area contributed by atoms with Gasteiger partial charge < -0.3 is 19.5 Å². The van der Waals surface area contributed by atoms with Crippen molar-refractivity contribution < 1.29 is 14.3 Å². The summed E-state index contributed by atoms with van der Waals surface area (Å²) in [5.41, 5.74) is 0.322. The standard InChI is InChI=1S/C20H22FN3O3/c21-15-6-4-14(5-7-15)13-23-10-11-24-17(22-8-2-1-3-9-22)12-16(25)19(26)18(24)20(23)27/h4-7,12,26H,1-3,8-11,13H2. The highest BCUT2D eigenvalue weighted by Crippen LogP contribution is 2.28. The van der Waals surface area contributed by atoms with Crippen LogP contribution in [0.2, 0.25) is 0 Å². The molecular formula is C20H22FN3O3. The van der Waals surface area contributed by atoms with Crippen molar-refractivity contribution >= 4 is 11.7 Å². The van der Waals surface area contributed by atoms with Crippen LogP contribution in [0.1, 0.15) is 35.3 Å². The molecule has 3 heterocycles. The smallest absolute Gasteiger partial charge is 0.274 e. The predicted molar refractivity (Wildman–Crippen MR) is 99.6 cm³/mol. The zero-order valence-corrected chi connectivity index (χ0v) is 15.0. The normalized spacial score (nSPS) is 17.1. The van der Waals surface area contributed by atoms with E-state index in [0.717, 1.165) is 37.9 Å². The van der Waals surface area contributed by atoms with Gasteiger partial charge in [0.05, 0.1) is 0 Å². The van der Waals surface area contributed by atoms with Crippen LogP contribution in [-0.2, 0) is 13.1 Å². The van der Waals surface area contributed by atoms with E-state index < -0.39 is 11.2 Å². The predicted octanol–water partition coefficient (Wildman–Crippen LogP) is 2.34. The third-order valence-electron chi connectivity index (χ3n) is 5.31. The molecule has 142 valence electrons. The Kier molecular flexibility index (Phi) is 4.59. The number of pyridine rings is 1. The minimum atomic E-state index is -0.529. The molecule has 0 radical (unpaired) electrons. The number of hydrogen-bond acceptors (Lipinski definition) is 4. The fourth-order valence-corrected chi connectivity index (χ4v) is 3.88. The molecule has 0 atom stereocenters. The number of halogens is 1. The molecule has 1 fully saturated rings. The quantitative estimate of drug-likeness (QED) is 0.899. The third kappa shape index (κ3) is 3.29. The van der Waals surface area contributed by atoms with E-state index in [4.69, 9.17) is 0 Å². The average Bonchev–Trinajstić information content (AvgIpc) is 2.69. The van der Waals surface area contributed by atoms with E-state index in [-0.39, 0.29) is 17.4 Å². The topological polar surface area (TPSA) is 65.8 Å². The molecular weight excluding hydrogens is 349 g/mol. The van der Waals surface area contributed by atoms with E-state index >= 15 is 0 Å². The van der Waals surface area contributed by atoms with Crippen LogP contribution in [0, 0.1) is 5.82 Å². The first-order valence-corrected chi connectivity index (χ1v) is 9.30. The van der Waals surface area contributed by atoms with Gasteiger partial charge in [0.15, 0.2) is 11.4 Å². The first kappa shape index (κ1) is 17.6. The summed E-state index contributed by atoms with van der Waals surface area (Å²) in [5, 5.41) is 10.3. The number of anilines is 1. The SMILES string of the molecule is O=C1c2c(O)c(=O)cc(N3CCCCC3)n2CCN1Cc1ccc(F)cc1. The molecule has 27 heavy (non-hydrogen) atoms. The van der Waals surface area contributed by atoms with Gasteiger partial charge in [-0.3, -0.25) is 9.59 Å². The van der Waals surface area contributed by atoms with Crippen LogP contribution >= 0.6 is 0 Å². The summed E-state index contributed by atoms with van der Waals surface area (Å²) in [5.74, 6) is -0.490. The largest absolute Gasteiger partial charge is 0.503 e. The van der Waals surface area contributed by atoms with Gasteiger partial charge in [-0.2, -0.15) is 0 Å². The van der Waals surface area contributed by atoms with Crippen molar-refractivity contribution in [2.45, 2.75) is 32.4 Å². The molecule has 0 bridgehead atoms. The molecule has 2 aromatic rings.